The van der Waals surface area contributed by atoms with Gasteiger partial charge in [0.1, 0.15) is 17.6 Å². The molecule has 7 rings (SSSR count). The van der Waals surface area contributed by atoms with Gasteiger partial charge in [-0.3, -0.25) is 9.89 Å². The Hall–Kier alpha value is -4.62. The first kappa shape index (κ1) is 30.1. The number of para-hydroxylation sites is 2. The van der Waals surface area contributed by atoms with Crippen molar-refractivity contribution in [1.82, 2.24) is 15.5 Å². The highest BCUT2D eigenvalue weighted by Crippen LogP contribution is 2.42. The second-order valence-corrected chi connectivity index (χ2v) is 13.1. The van der Waals surface area contributed by atoms with Gasteiger partial charge in [0.05, 0.1) is 12.2 Å². The fraction of sp³-hybridized carbons (Fsp3) is 0.282. The summed E-state index contributed by atoms with van der Waals surface area (Å²) in [6.45, 7) is 6.95. The molecule has 0 bridgehead atoms. The van der Waals surface area contributed by atoms with Crippen LogP contribution in [0.3, 0.4) is 0 Å². The highest BCUT2D eigenvalue weighted by atomic mass is 32.1. The minimum absolute atomic E-state index is 0.268. The Labute approximate surface area is 276 Å². The van der Waals surface area contributed by atoms with Crippen LogP contribution in [0.5, 0.6) is 0 Å². The average molecular weight is 628 g/mol. The molecular weight excluding hydrogens is 585 g/mol. The number of fused-ring (bicyclic) bond motifs is 4. The number of aliphatic imine (C=N–C) groups is 1. The van der Waals surface area contributed by atoms with Crippen LogP contribution in [0.1, 0.15) is 42.7 Å². The first-order valence-corrected chi connectivity index (χ1v) is 17.4. The number of hydrogen-bond acceptors (Lipinski definition) is 6. The number of aryl methyl sites for hydroxylation is 1. The molecule has 0 saturated heterocycles. The largest absolute Gasteiger partial charge is 0.371 e. The maximum atomic E-state index is 4.68. The van der Waals surface area contributed by atoms with E-state index in [4.69, 9.17) is 0 Å². The number of allylic oxidation sites excluding steroid dienone is 2. The zero-order chi connectivity index (χ0) is 31.3. The average Bonchev–Trinajstić information content (AvgIpc) is 3.75. The molecule has 0 radical (unpaired) electrons. The fourth-order valence-corrected chi connectivity index (χ4v) is 7.92. The van der Waals surface area contributed by atoms with Gasteiger partial charge >= 0.3 is 0 Å². The molecule has 0 amide bonds. The minimum Gasteiger partial charge on any atom is -0.371 e. The number of rotatable bonds is 11. The van der Waals surface area contributed by atoms with E-state index in [1.807, 2.05) is 11.3 Å². The van der Waals surface area contributed by atoms with Crippen molar-refractivity contribution in [3.8, 4) is 0 Å². The summed E-state index contributed by atoms with van der Waals surface area (Å²) < 4.78 is 3.67. The number of aromatic nitrogens is 1. The minimum atomic E-state index is 0.268. The van der Waals surface area contributed by atoms with Crippen LogP contribution in [0, 0.1) is 0 Å². The highest BCUT2D eigenvalue weighted by molar-refractivity contribution is 7.19. The molecule has 1 unspecified atom stereocenters. The summed E-state index contributed by atoms with van der Waals surface area (Å²) in [7, 11) is 2.18. The fourth-order valence-electron chi connectivity index (χ4n) is 6.71. The third-order valence-corrected chi connectivity index (χ3v) is 10.2. The smallest absolute Gasteiger partial charge is 0.262 e. The molecule has 0 aliphatic carbocycles. The predicted octanol–water partition coefficient (Wildman–Crippen LogP) is 7.71. The van der Waals surface area contributed by atoms with Gasteiger partial charge in [-0.15, -0.1) is 0 Å². The van der Waals surface area contributed by atoms with E-state index in [1.165, 1.54) is 42.9 Å². The van der Waals surface area contributed by atoms with Gasteiger partial charge < -0.3 is 15.5 Å². The summed E-state index contributed by atoms with van der Waals surface area (Å²) in [6.07, 6.45) is 10.2. The van der Waals surface area contributed by atoms with Crippen molar-refractivity contribution in [3.05, 3.63) is 120 Å². The number of anilines is 2. The van der Waals surface area contributed by atoms with Crippen LogP contribution in [0.25, 0.3) is 27.1 Å². The second kappa shape index (κ2) is 13.8. The molecule has 0 spiro atoms. The quantitative estimate of drug-likeness (QED) is 0.116. The van der Waals surface area contributed by atoms with E-state index in [0.29, 0.717) is 0 Å². The standard InChI is InChI=1S/C39H43N6S/c1-3-26-44(39-41-24-25-42-39)27-12-23-40-36-28-30(32-17-9-10-19-34(32)45(36)31-15-5-4-6-16-31)14-11-20-37-43(2)35-22-21-29-13-7-8-18-33(29)38(35)46-37/h4-11,13,15-22,28,30,40H,3,12,14,23-27H2,1-2H3,(H,41,42)/q+1. The van der Waals surface area contributed by atoms with Gasteiger partial charge in [0.15, 0.2) is 5.96 Å². The Morgan fingerprint density at radius 2 is 1.83 bits per heavy atom. The maximum absolute atomic E-state index is 4.68. The molecule has 234 valence electrons. The van der Waals surface area contributed by atoms with E-state index in [-0.39, 0.29) is 5.92 Å². The number of hydrogen-bond donors (Lipinski definition) is 2. The zero-order valence-corrected chi connectivity index (χ0v) is 27.6. The first-order chi connectivity index (χ1) is 22.7. The normalized spacial score (nSPS) is 16.0. The van der Waals surface area contributed by atoms with E-state index in [2.05, 4.69) is 153 Å². The van der Waals surface area contributed by atoms with Gasteiger partial charge in [0.25, 0.3) is 5.01 Å². The van der Waals surface area contributed by atoms with Crippen molar-refractivity contribution in [3.63, 3.8) is 0 Å². The number of nitrogens with zero attached hydrogens (tertiary/aromatic N) is 4. The molecule has 1 atom stereocenters. The van der Waals surface area contributed by atoms with Crippen molar-refractivity contribution in [1.29, 1.82) is 0 Å². The third-order valence-electron chi connectivity index (χ3n) is 8.96. The summed E-state index contributed by atoms with van der Waals surface area (Å²) in [6, 6.07) is 32.8. The molecule has 1 aromatic heterocycles. The zero-order valence-electron chi connectivity index (χ0n) is 26.8. The monoisotopic (exact) mass is 627 g/mol. The number of guanidine groups is 1. The van der Waals surface area contributed by atoms with Gasteiger partial charge in [-0.05, 0) is 60.6 Å². The van der Waals surface area contributed by atoms with E-state index >= 15 is 0 Å². The summed E-state index contributed by atoms with van der Waals surface area (Å²) in [4.78, 5) is 9.46. The second-order valence-electron chi connectivity index (χ2n) is 12.1. The molecule has 6 nitrogen and oxygen atoms in total. The van der Waals surface area contributed by atoms with E-state index in [1.54, 1.807) is 0 Å². The van der Waals surface area contributed by atoms with Crippen molar-refractivity contribution >= 4 is 55.7 Å². The van der Waals surface area contributed by atoms with Crippen LogP contribution in [0.4, 0.5) is 11.4 Å². The Morgan fingerprint density at radius 3 is 2.67 bits per heavy atom. The summed E-state index contributed by atoms with van der Waals surface area (Å²) >= 11 is 1.88. The topological polar surface area (TPSA) is 46.8 Å². The summed E-state index contributed by atoms with van der Waals surface area (Å²) in [5.74, 6) is 2.48. The Bertz CT molecular complexity index is 1910. The summed E-state index contributed by atoms with van der Waals surface area (Å²) in [5, 5.41) is 11.2. The van der Waals surface area contributed by atoms with Gasteiger partial charge in [0.2, 0.25) is 5.52 Å². The van der Waals surface area contributed by atoms with Crippen LogP contribution in [0.2, 0.25) is 0 Å². The van der Waals surface area contributed by atoms with Crippen LogP contribution in [-0.4, -0.2) is 43.6 Å². The van der Waals surface area contributed by atoms with Crippen LogP contribution in [-0.2, 0) is 7.05 Å². The Balaban J connectivity index is 1.14. The van der Waals surface area contributed by atoms with Crippen LogP contribution < -0.4 is 20.1 Å². The first-order valence-electron chi connectivity index (χ1n) is 16.6. The Morgan fingerprint density at radius 1 is 1.00 bits per heavy atom. The van der Waals surface area contributed by atoms with E-state index in [9.17, 15) is 0 Å². The van der Waals surface area contributed by atoms with E-state index < -0.39 is 0 Å². The van der Waals surface area contributed by atoms with Gasteiger partial charge in [-0.2, -0.15) is 4.57 Å². The number of nitrogens with one attached hydrogen (secondary N) is 2. The molecule has 2 aliphatic heterocycles. The molecule has 46 heavy (non-hydrogen) atoms. The molecule has 5 aromatic rings. The molecule has 2 N–H and O–H groups in total. The molecule has 7 heteroatoms. The van der Waals surface area contributed by atoms with Crippen molar-refractivity contribution in [2.75, 3.05) is 37.6 Å². The van der Waals surface area contributed by atoms with Crippen LogP contribution in [0.15, 0.2) is 114 Å². The predicted molar refractivity (Wildman–Crippen MR) is 195 cm³/mol. The highest BCUT2D eigenvalue weighted by Gasteiger charge is 2.27. The molecule has 3 heterocycles. The van der Waals surface area contributed by atoms with Gasteiger partial charge in [-0.1, -0.05) is 85.0 Å². The van der Waals surface area contributed by atoms with E-state index in [0.717, 1.165) is 63.8 Å². The van der Waals surface area contributed by atoms with Gasteiger partial charge in [0, 0.05) is 55.3 Å². The molecule has 4 aromatic carbocycles. The molecule has 2 aliphatic rings. The molecule has 0 saturated carbocycles. The van der Waals surface area contributed by atoms with Crippen molar-refractivity contribution < 1.29 is 4.57 Å². The maximum Gasteiger partial charge on any atom is 0.262 e. The lowest BCUT2D eigenvalue weighted by atomic mass is 9.90. The SMILES string of the molecule is CCCN(CCCNC1=CC(CC=Cc2sc3c4ccccc4ccc3[n+]2C)c2ccccc2N1c1ccccc1)C1=NCCN1. The summed E-state index contributed by atoms with van der Waals surface area (Å²) in [5.41, 5.74) is 5.05. The van der Waals surface area contributed by atoms with Crippen molar-refractivity contribution in [2.45, 2.75) is 32.1 Å². The number of benzene rings is 4. The third kappa shape index (κ3) is 6.12. The lowest BCUT2D eigenvalue weighted by Crippen LogP contribution is -2.41. The van der Waals surface area contributed by atoms with Crippen LogP contribution >= 0.6 is 11.3 Å². The van der Waals surface area contributed by atoms with Gasteiger partial charge in [-0.25, -0.2) is 0 Å². The Kier molecular flexibility index (Phi) is 9.01. The number of thiazole rings is 1. The lowest BCUT2D eigenvalue weighted by Gasteiger charge is -2.36. The molecule has 0 fully saturated rings. The molecular formula is C39H43N6S+. The lowest BCUT2D eigenvalue weighted by molar-refractivity contribution is -0.642. The van der Waals surface area contributed by atoms with Crippen molar-refractivity contribution in [2.24, 2.45) is 12.0 Å².